The van der Waals surface area contributed by atoms with E-state index in [-0.39, 0.29) is 6.10 Å². The van der Waals surface area contributed by atoms with Gasteiger partial charge in [0.2, 0.25) is 0 Å². The maximum absolute atomic E-state index is 9.47. The van der Waals surface area contributed by atoms with Gasteiger partial charge >= 0.3 is 0 Å². The zero-order valence-corrected chi connectivity index (χ0v) is 10.3. The second-order valence-corrected chi connectivity index (χ2v) is 4.37. The van der Waals surface area contributed by atoms with E-state index in [1.54, 1.807) is 14.2 Å². The van der Waals surface area contributed by atoms with Crippen LogP contribution in [0.25, 0.3) is 0 Å². The van der Waals surface area contributed by atoms with Crippen LogP contribution >= 0.6 is 0 Å². The smallest absolute Gasteiger partial charge is 0.161 e. The Balaban J connectivity index is 2.06. The van der Waals surface area contributed by atoms with E-state index in [9.17, 15) is 5.11 Å². The molecule has 1 N–H and O–H groups in total. The van der Waals surface area contributed by atoms with Crippen LogP contribution in [-0.2, 0) is 6.54 Å². The van der Waals surface area contributed by atoms with Gasteiger partial charge in [0.05, 0.1) is 20.3 Å². The Labute approximate surface area is 102 Å². The summed E-state index contributed by atoms with van der Waals surface area (Å²) < 4.78 is 10.5. The summed E-state index contributed by atoms with van der Waals surface area (Å²) in [7, 11) is 3.27. The molecule has 94 valence electrons. The second kappa shape index (κ2) is 5.38. The van der Waals surface area contributed by atoms with Crippen LogP contribution in [0.2, 0.25) is 0 Å². The number of hydrogen-bond acceptors (Lipinski definition) is 4. The predicted octanol–water partition coefficient (Wildman–Crippen LogP) is 1.27. The number of likely N-dealkylation sites (tertiary alicyclic amines) is 1. The quantitative estimate of drug-likeness (QED) is 0.856. The van der Waals surface area contributed by atoms with Gasteiger partial charge in [-0.1, -0.05) is 6.07 Å². The minimum absolute atomic E-state index is 0.171. The van der Waals surface area contributed by atoms with Crippen LogP contribution in [0.15, 0.2) is 18.2 Å². The summed E-state index contributed by atoms with van der Waals surface area (Å²) in [5.41, 5.74) is 1.18. The topological polar surface area (TPSA) is 41.9 Å². The van der Waals surface area contributed by atoms with Crippen LogP contribution in [0.1, 0.15) is 12.0 Å². The summed E-state index contributed by atoms with van der Waals surface area (Å²) in [6.45, 7) is 2.56. The number of rotatable bonds is 4. The van der Waals surface area contributed by atoms with E-state index in [2.05, 4.69) is 4.90 Å². The third-order valence-corrected chi connectivity index (χ3v) is 3.10. The van der Waals surface area contributed by atoms with Crippen molar-refractivity contribution < 1.29 is 14.6 Å². The summed E-state index contributed by atoms with van der Waals surface area (Å²) in [6, 6.07) is 5.94. The van der Waals surface area contributed by atoms with Crippen molar-refractivity contribution in [2.24, 2.45) is 0 Å². The van der Waals surface area contributed by atoms with Crippen LogP contribution in [0.5, 0.6) is 11.5 Å². The molecule has 0 amide bonds. The molecule has 0 saturated carbocycles. The number of aliphatic hydroxyl groups excluding tert-OH is 1. The van der Waals surface area contributed by atoms with E-state index >= 15 is 0 Å². The Bertz CT molecular complexity index is 381. The van der Waals surface area contributed by atoms with Crippen molar-refractivity contribution in [3.05, 3.63) is 23.8 Å². The summed E-state index contributed by atoms with van der Waals surface area (Å²) in [5.74, 6) is 1.50. The van der Waals surface area contributed by atoms with Crippen molar-refractivity contribution in [1.29, 1.82) is 0 Å². The van der Waals surface area contributed by atoms with Gasteiger partial charge in [-0.15, -0.1) is 0 Å². The fourth-order valence-electron chi connectivity index (χ4n) is 2.19. The highest BCUT2D eigenvalue weighted by Crippen LogP contribution is 2.28. The lowest BCUT2D eigenvalue weighted by Gasteiger charge is -2.16. The van der Waals surface area contributed by atoms with Crippen LogP contribution in [0, 0.1) is 0 Å². The van der Waals surface area contributed by atoms with Crippen molar-refractivity contribution in [3.63, 3.8) is 0 Å². The maximum atomic E-state index is 9.47. The van der Waals surface area contributed by atoms with Gasteiger partial charge in [0.1, 0.15) is 0 Å². The van der Waals surface area contributed by atoms with Gasteiger partial charge < -0.3 is 14.6 Å². The Morgan fingerprint density at radius 1 is 1.29 bits per heavy atom. The van der Waals surface area contributed by atoms with Gasteiger partial charge in [-0.3, -0.25) is 4.90 Å². The second-order valence-electron chi connectivity index (χ2n) is 4.37. The lowest BCUT2D eigenvalue weighted by atomic mass is 10.2. The molecule has 1 aliphatic heterocycles. The molecule has 0 bridgehead atoms. The zero-order chi connectivity index (χ0) is 12.3. The molecule has 1 aliphatic rings. The number of ether oxygens (including phenoxy) is 2. The first-order chi connectivity index (χ1) is 8.22. The Kier molecular flexibility index (Phi) is 3.86. The lowest BCUT2D eigenvalue weighted by molar-refractivity contribution is 0.174. The Hall–Kier alpha value is -1.26. The molecule has 1 atom stereocenters. The first kappa shape index (κ1) is 12.2. The number of aliphatic hydroxyl groups is 1. The fourth-order valence-corrected chi connectivity index (χ4v) is 2.19. The molecular formula is C13H19NO3. The molecule has 1 heterocycles. The zero-order valence-electron chi connectivity index (χ0n) is 10.3. The fraction of sp³-hybridized carbons (Fsp3) is 0.538. The van der Waals surface area contributed by atoms with E-state index < -0.39 is 0 Å². The molecule has 1 saturated heterocycles. The van der Waals surface area contributed by atoms with Gasteiger partial charge in [-0.05, 0) is 24.1 Å². The van der Waals surface area contributed by atoms with Crippen LogP contribution in [0.4, 0.5) is 0 Å². The summed E-state index contributed by atoms with van der Waals surface area (Å²) in [4.78, 5) is 2.24. The lowest BCUT2D eigenvalue weighted by Crippen LogP contribution is -2.21. The van der Waals surface area contributed by atoms with Crippen LogP contribution in [-0.4, -0.2) is 43.4 Å². The van der Waals surface area contributed by atoms with E-state index in [1.165, 1.54) is 5.56 Å². The first-order valence-electron chi connectivity index (χ1n) is 5.84. The minimum Gasteiger partial charge on any atom is -0.493 e. The molecule has 1 aromatic carbocycles. The molecule has 0 aliphatic carbocycles. The molecule has 4 nitrogen and oxygen atoms in total. The van der Waals surface area contributed by atoms with Gasteiger partial charge in [0.15, 0.2) is 11.5 Å². The largest absolute Gasteiger partial charge is 0.493 e. The van der Waals surface area contributed by atoms with Gasteiger partial charge in [0, 0.05) is 19.6 Å². The number of nitrogens with zero attached hydrogens (tertiary/aromatic N) is 1. The molecule has 1 fully saturated rings. The van der Waals surface area contributed by atoms with Gasteiger partial charge in [-0.25, -0.2) is 0 Å². The predicted molar refractivity (Wildman–Crippen MR) is 65.4 cm³/mol. The van der Waals surface area contributed by atoms with E-state index in [4.69, 9.17) is 9.47 Å². The molecule has 1 aromatic rings. The highest BCUT2D eigenvalue weighted by Gasteiger charge is 2.20. The number of hydrogen-bond donors (Lipinski definition) is 1. The molecule has 17 heavy (non-hydrogen) atoms. The van der Waals surface area contributed by atoms with E-state index in [0.717, 1.165) is 37.6 Å². The van der Waals surface area contributed by atoms with Crippen molar-refractivity contribution in [2.45, 2.75) is 19.1 Å². The SMILES string of the molecule is COc1ccc(CN2CCC(O)C2)cc1OC. The minimum atomic E-state index is -0.171. The maximum Gasteiger partial charge on any atom is 0.161 e. The number of benzene rings is 1. The molecule has 0 radical (unpaired) electrons. The van der Waals surface area contributed by atoms with E-state index in [0.29, 0.717) is 0 Å². The van der Waals surface area contributed by atoms with Gasteiger partial charge in [-0.2, -0.15) is 0 Å². The molecule has 0 aromatic heterocycles. The van der Waals surface area contributed by atoms with Crippen molar-refractivity contribution in [2.75, 3.05) is 27.3 Å². The molecule has 0 spiro atoms. The third kappa shape index (κ3) is 2.90. The van der Waals surface area contributed by atoms with Crippen molar-refractivity contribution >= 4 is 0 Å². The molecule has 1 unspecified atom stereocenters. The Morgan fingerprint density at radius 2 is 2.06 bits per heavy atom. The summed E-state index contributed by atoms with van der Waals surface area (Å²) >= 11 is 0. The summed E-state index contributed by atoms with van der Waals surface area (Å²) in [6.07, 6.45) is 0.697. The highest BCUT2D eigenvalue weighted by atomic mass is 16.5. The van der Waals surface area contributed by atoms with Crippen molar-refractivity contribution in [1.82, 2.24) is 4.90 Å². The monoisotopic (exact) mass is 237 g/mol. The van der Waals surface area contributed by atoms with Gasteiger partial charge in [0.25, 0.3) is 0 Å². The first-order valence-corrected chi connectivity index (χ1v) is 5.84. The molecular weight excluding hydrogens is 218 g/mol. The molecule has 4 heteroatoms. The Morgan fingerprint density at radius 3 is 2.65 bits per heavy atom. The molecule has 2 rings (SSSR count). The highest BCUT2D eigenvalue weighted by molar-refractivity contribution is 5.42. The van der Waals surface area contributed by atoms with Crippen LogP contribution < -0.4 is 9.47 Å². The average Bonchev–Trinajstić information content (AvgIpc) is 2.74. The number of β-amino-alcohol motifs (C(OH)–C–C–N with tert-alkyl or cyclic N) is 1. The third-order valence-electron chi connectivity index (χ3n) is 3.10. The summed E-state index contributed by atoms with van der Waals surface area (Å²) in [5, 5.41) is 9.47. The number of methoxy groups -OCH3 is 2. The van der Waals surface area contributed by atoms with Crippen LogP contribution in [0.3, 0.4) is 0 Å². The van der Waals surface area contributed by atoms with Crippen molar-refractivity contribution in [3.8, 4) is 11.5 Å². The normalized spacial score (nSPS) is 20.5. The standard InChI is InChI=1S/C13H19NO3/c1-16-12-4-3-10(7-13(12)17-2)8-14-6-5-11(15)9-14/h3-4,7,11,15H,5-6,8-9H2,1-2H3. The van der Waals surface area contributed by atoms with E-state index in [1.807, 2.05) is 18.2 Å². The average molecular weight is 237 g/mol.